The van der Waals surface area contributed by atoms with E-state index in [1.165, 1.54) is 11.3 Å². The van der Waals surface area contributed by atoms with Crippen molar-refractivity contribution in [3.8, 4) is 0 Å². The molecule has 19 heavy (non-hydrogen) atoms. The fraction of sp³-hybridized carbons (Fsp3) is 0.385. The summed E-state index contributed by atoms with van der Waals surface area (Å²) in [6, 6.07) is 3.68. The highest BCUT2D eigenvalue weighted by Crippen LogP contribution is 2.35. The molecule has 0 atom stereocenters. The first-order valence-corrected chi connectivity index (χ1v) is 7.44. The van der Waals surface area contributed by atoms with Crippen LogP contribution in [0.4, 0.5) is 5.69 Å². The number of rotatable bonds is 3. The van der Waals surface area contributed by atoms with Crippen LogP contribution >= 0.6 is 22.9 Å². The Morgan fingerprint density at radius 1 is 1.53 bits per heavy atom. The van der Waals surface area contributed by atoms with Crippen molar-refractivity contribution in [1.82, 2.24) is 4.98 Å². The molecule has 3 rings (SSSR count). The van der Waals surface area contributed by atoms with Crippen molar-refractivity contribution in [2.24, 2.45) is 5.73 Å². The molecule has 0 unspecified atom stereocenters. The second-order valence-electron chi connectivity index (χ2n) is 5.06. The number of aromatic nitrogens is 1. The van der Waals surface area contributed by atoms with E-state index in [-0.39, 0.29) is 11.4 Å². The van der Waals surface area contributed by atoms with Gasteiger partial charge in [0, 0.05) is 12.0 Å². The fourth-order valence-corrected chi connectivity index (χ4v) is 3.22. The molecule has 0 saturated heterocycles. The largest absolute Gasteiger partial charge is 0.325 e. The zero-order valence-electron chi connectivity index (χ0n) is 10.3. The van der Waals surface area contributed by atoms with Crippen molar-refractivity contribution in [1.29, 1.82) is 0 Å². The first kappa shape index (κ1) is 12.8. The van der Waals surface area contributed by atoms with Gasteiger partial charge >= 0.3 is 0 Å². The Kier molecular flexibility index (Phi) is 3.20. The number of hydrogen-bond acceptors (Lipinski definition) is 4. The number of carbonyl (C=O) groups excluding carboxylic acids is 1. The molecule has 4 nitrogen and oxygen atoms in total. The molecule has 6 heteroatoms. The summed E-state index contributed by atoms with van der Waals surface area (Å²) in [6.07, 6.45) is 3.26. The highest BCUT2D eigenvalue weighted by atomic mass is 35.5. The zero-order chi connectivity index (χ0) is 13.5. The van der Waals surface area contributed by atoms with Gasteiger partial charge in [0.15, 0.2) is 0 Å². The summed E-state index contributed by atoms with van der Waals surface area (Å²) in [4.78, 5) is 16.3. The zero-order valence-corrected chi connectivity index (χ0v) is 11.9. The van der Waals surface area contributed by atoms with Gasteiger partial charge in [-0.1, -0.05) is 11.6 Å². The summed E-state index contributed by atoms with van der Waals surface area (Å²) in [7, 11) is 0. The highest BCUT2D eigenvalue weighted by molar-refractivity contribution is 7.16. The van der Waals surface area contributed by atoms with E-state index in [1.54, 1.807) is 11.6 Å². The third kappa shape index (κ3) is 2.45. The van der Waals surface area contributed by atoms with Gasteiger partial charge in [0.2, 0.25) is 5.91 Å². The molecule has 0 bridgehead atoms. The molecule has 0 radical (unpaired) electrons. The van der Waals surface area contributed by atoms with Gasteiger partial charge in [0.1, 0.15) is 5.52 Å². The maximum Gasteiger partial charge on any atom is 0.226 e. The number of amides is 1. The quantitative estimate of drug-likeness (QED) is 0.914. The van der Waals surface area contributed by atoms with Crippen molar-refractivity contribution in [3.63, 3.8) is 0 Å². The number of nitrogens with two attached hydrogens (primary N) is 1. The fourth-order valence-electron chi connectivity index (χ4n) is 2.34. The summed E-state index contributed by atoms with van der Waals surface area (Å²) >= 11 is 7.66. The minimum Gasteiger partial charge on any atom is -0.325 e. The van der Waals surface area contributed by atoms with Gasteiger partial charge in [-0.3, -0.25) is 4.79 Å². The number of thiazole rings is 1. The van der Waals surface area contributed by atoms with E-state index in [4.69, 9.17) is 17.3 Å². The van der Waals surface area contributed by atoms with Crippen LogP contribution in [-0.4, -0.2) is 16.4 Å². The SMILES string of the molecule is NC1(CC(=O)Nc2c(Cl)ccc3scnc23)CCC1. The minimum atomic E-state index is -0.327. The summed E-state index contributed by atoms with van der Waals surface area (Å²) in [5.74, 6) is -0.0930. The molecule has 3 N–H and O–H groups in total. The summed E-state index contributed by atoms with van der Waals surface area (Å²) < 4.78 is 1.01. The van der Waals surface area contributed by atoms with Crippen molar-refractivity contribution in [2.75, 3.05) is 5.32 Å². The van der Waals surface area contributed by atoms with E-state index in [0.29, 0.717) is 17.1 Å². The predicted octanol–water partition coefficient (Wildman–Crippen LogP) is 3.16. The molecule has 1 aliphatic carbocycles. The van der Waals surface area contributed by atoms with Gasteiger partial charge < -0.3 is 11.1 Å². The predicted molar refractivity (Wildman–Crippen MR) is 78.6 cm³/mol. The minimum absolute atomic E-state index is 0.0930. The van der Waals surface area contributed by atoms with E-state index in [0.717, 1.165) is 29.5 Å². The molecular weight excluding hydrogens is 282 g/mol. The van der Waals surface area contributed by atoms with Crippen LogP contribution in [-0.2, 0) is 4.79 Å². The number of halogens is 1. The highest BCUT2D eigenvalue weighted by Gasteiger charge is 2.34. The average Bonchev–Trinajstić information content (AvgIpc) is 2.79. The molecule has 1 aromatic carbocycles. The van der Waals surface area contributed by atoms with Crippen LogP contribution in [0.15, 0.2) is 17.6 Å². The van der Waals surface area contributed by atoms with Gasteiger partial charge in [0.05, 0.1) is 20.9 Å². The third-order valence-electron chi connectivity index (χ3n) is 3.58. The van der Waals surface area contributed by atoms with Gasteiger partial charge in [-0.05, 0) is 31.4 Å². The van der Waals surface area contributed by atoms with Crippen LogP contribution in [0.3, 0.4) is 0 Å². The Morgan fingerprint density at radius 3 is 3.00 bits per heavy atom. The third-order valence-corrected chi connectivity index (χ3v) is 4.69. The molecule has 0 aliphatic heterocycles. The molecule has 2 aromatic rings. The van der Waals surface area contributed by atoms with Crippen molar-refractivity contribution < 1.29 is 4.79 Å². The lowest BCUT2D eigenvalue weighted by Crippen LogP contribution is -2.48. The van der Waals surface area contributed by atoms with Crippen molar-refractivity contribution in [3.05, 3.63) is 22.7 Å². The number of carbonyl (C=O) groups is 1. The summed E-state index contributed by atoms with van der Waals surface area (Å²) in [6.45, 7) is 0. The molecule has 1 aromatic heterocycles. The van der Waals surface area contributed by atoms with Gasteiger partial charge in [-0.15, -0.1) is 11.3 Å². The Labute approximate surface area is 120 Å². The normalized spacial score (nSPS) is 17.2. The van der Waals surface area contributed by atoms with Crippen LogP contribution in [0.5, 0.6) is 0 Å². The van der Waals surface area contributed by atoms with Crippen LogP contribution in [0.2, 0.25) is 5.02 Å². The molecule has 1 aliphatic rings. The van der Waals surface area contributed by atoms with E-state index < -0.39 is 0 Å². The van der Waals surface area contributed by atoms with E-state index >= 15 is 0 Å². The van der Waals surface area contributed by atoms with Gasteiger partial charge in [-0.2, -0.15) is 0 Å². The molecule has 1 saturated carbocycles. The summed E-state index contributed by atoms with van der Waals surface area (Å²) in [5.41, 5.74) is 8.83. The second kappa shape index (κ2) is 4.74. The average molecular weight is 296 g/mol. The van der Waals surface area contributed by atoms with Crippen molar-refractivity contribution in [2.45, 2.75) is 31.2 Å². The number of nitrogens with one attached hydrogen (secondary N) is 1. The smallest absolute Gasteiger partial charge is 0.226 e. The Balaban J connectivity index is 1.82. The molecular formula is C13H14ClN3OS. The number of hydrogen-bond donors (Lipinski definition) is 2. The molecule has 100 valence electrons. The molecule has 1 fully saturated rings. The maximum absolute atomic E-state index is 12.1. The Bertz CT molecular complexity index is 636. The number of anilines is 1. The number of fused-ring (bicyclic) bond motifs is 1. The number of nitrogens with zero attached hydrogens (tertiary/aromatic N) is 1. The van der Waals surface area contributed by atoms with E-state index in [9.17, 15) is 4.79 Å². The van der Waals surface area contributed by atoms with Crippen LogP contribution in [0.25, 0.3) is 10.2 Å². The van der Waals surface area contributed by atoms with Crippen LogP contribution < -0.4 is 11.1 Å². The Morgan fingerprint density at radius 2 is 2.32 bits per heavy atom. The Hall–Kier alpha value is -1.17. The molecule has 1 amide bonds. The lowest BCUT2D eigenvalue weighted by molar-refractivity contribution is -0.118. The second-order valence-corrected chi connectivity index (χ2v) is 6.36. The van der Waals surface area contributed by atoms with Gasteiger partial charge in [-0.25, -0.2) is 4.98 Å². The monoisotopic (exact) mass is 295 g/mol. The topological polar surface area (TPSA) is 68.0 Å². The van der Waals surface area contributed by atoms with Crippen LogP contribution in [0.1, 0.15) is 25.7 Å². The van der Waals surface area contributed by atoms with E-state index in [2.05, 4.69) is 10.3 Å². The standard InChI is InChI=1S/C13H14ClN3OS/c14-8-2-3-9-12(16-7-19-9)11(8)17-10(18)6-13(15)4-1-5-13/h2-3,7H,1,4-6,15H2,(H,17,18). The lowest BCUT2D eigenvalue weighted by Gasteiger charge is -2.37. The van der Waals surface area contributed by atoms with E-state index in [1.807, 2.05) is 6.07 Å². The number of benzene rings is 1. The first-order valence-electron chi connectivity index (χ1n) is 6.18. The molecule has 1 heterocycles. The molecule has 0 spiro atoms. The lowest BCUT2D eigenvalue weighted by atomic mass is 9.75. The maximum atomic E-state index is 12.1. The first-order chi connectivity index (χ1) is 9.07. The van der Waals surface area contributed by atoms with Crippen LogP contribution in [0, 0.1) is 0 Å². The summed E-state index contributed by atoms with van der Waals surface area (Å²) in [5, 5.41) is 3.36. The van der Waals surface area contributed by atoms with Crippen molar-refractivity contribution >= 4 is 44.7 Å². The van der Waals surface area contributed by atoms with Gasteiger partial charge in [0.25, 0.3) is 0 Å².